The van der Waals surface area contributed by atoms with Gasteiger partial charge in [-0.3, -0.25) is 14.5 Å². The van der Waals surface area contributed by atoms with Crippen molar-refractivity contribution in [1.29, 1.82) is 0 Å². The van der Waals surface area contributed by atoms with Gasteiger partial charge in [0.1, 0.15) is 5.82 Å². The average molecular weight is 430 g/mol. The third-order valence-corrected chi connectivity index (χ3v) is 6.57. The Morgan fingerprint density at radius 1 is 1.10 bits per heavy atom. The van der Waals surface area contributed by atoms with Crippen LogP contribution in [-0.2, 0) is 17.9 Å². The molecule has 1 N–H and O–H groups in total. The summed E-state index contributed by atoms with van der Waals surface area (Å²) in [5, 5.41) is 11.1. The molecule has 1 aliphatic carbocycles. The highest BCUT2D eigenvalue weighted by Gasteiger charge is 2.49. The molecule has 3 heterocycles. The van der Waals surface area contributed by atoms with E-state index in [9.17, 15) is 18.4 Å². The van der Waals surface area contributed by atoms with E-state index in [0.29, 0.717) is 51.4 Å². The lowest BCUT2D eigenvalue weighted by molar-refractivity contribution is -0.153. The molecule has 5 rings (SSSR count). The van der Waals surface area contributed by atoms with Gasteiger partial charge in [-0.15, -0.1) is 10.2 Å². The smallest absolute Gasteiger partial charge is 0.289 e. The maximum absolute atomic E-state index is 14.6. The van der Waals surface area contributed by atoms with Crippen molar-refractivity contribution < 1.29 is 18.4 Å². The van der Waals surface area contributed by atoms with Gasteiger partial charge in [0, 0.05) is 39.3 Å². The third-order valence-electron chi connectivity index (χ3n) is 6.57. The van der Waals surface area contributed by atoms with Crippen LogP contribution in [0.15, 0.2) is 24.3 Å². The molecule has 10 heteroatoms. The summed E-state index contributed by atoms with van der Waals surface area (Å²) in [5.74, 6) is -0.287. The average Bonchev–Trinajstić information content (AvgIpc) is 3.21. The monoisotopic (exact) mass is 430 g/mol. The van der Waals surface area contributed by atoms with E-state index >= 15 is 0 Å². The number of nitrogens with one attached hydrogen (secondary N) is 1. The van der Waals surface area contributed by atoms with Gasteiger partial charge < -0.3 is 14.8 Å². The van der Waals surface area contributed by atoms with E-state index in [4.69, 9.17) is 0 Å². The number of rotatable bonds is 4. The molecule has 1 aromatic carbocycles. The summed E-state index contributed by atoms with van der Waals surface area (Å²) in [7, 11) is 0. The highest BCUT2D eigenvalue weighted by atomic mass is 19.1. The largest absolute Gasteiger partial charge is 0.345 e. The van der Waals surface area contributed by atoms with Crippen molar-refractivity contribution in [3.8, 4) is 0 Å². The molecular weight excluding hydrogens is 406 g/mol. The molecule has 1 saturated heterocycles. The molecule has 31 heavy (non-hydrogen) atoms. The highest BCUT2D eigenvalue weighted by molar-refractivity contribution is 5.90. The summed E-state index contributed by atoms with van der Waals surface area (Å²) in [4.78, 5) is 29.1. The number of benzene rings is 1. The molecule has 2 aliphatic heterocycles. The second-order valence-corrected chi connectivity index (χ2v) is 8.46. The first-order valence-corrected chi connectivity index (χ1v) is 10.6. The van der Waals surface area contributed by atoms with Crippen LogP contribution in [0.4, 0.5) is 8.78 Å². The Morgan fingerprint density at radius 2 is 1.84 bits per heavy atom. The van der Waals surface area contributed by atoms with Gasteiger partial charge in [-0.05, 0) is 37.0 Å². The third kappa shape index (κ3) is 3.58. The first-order chi connectivity index (χ1) is 14.9. The Morgan fingerprint density at radius 3 is 2.55 bits per heavy atom. The second-order valence-electron chi connectivity index (χ2n) is 8.46. The Hall–Kier alpha value is -2.88. The zero-order chi connectivity index (χ0) is 21.6. The number of fused-ring (bicyclic) bond motifs is 3. The standard InChI is InChI=1S/C21H24F2N6O2/c22-15-4-2-14(3-5-15)12-24-19(30)18-26-25-17-16-13-28(20(31)21(23)6-1-7-21)9-8-27(16)10-11-29(17)18/h2-5,16H,1,6-13H2,(H,24,30)/t16-/m0/s1. The lowest BCUT2D eigenvalue weighted by Gasteiger charge is -2.46. The Kier molecular flexibility index (Phi) is 4.96. The minimum atomic E-state index is -1.71. The van der Waals surface area contributed by atoms with Crippen LogP contribution in [0.1, 0.15) is 47.3 Å². The fraction of sp³-hybridized carbons (Fsp3) is 0.524. The fourth-order valence-electron chi connectivity index (χ4n) is 4.54. The minimum Gasteiger partial charge on any atom is -0.345 e. The van der Waals surface area contributed by atoms with E-state index in [2.05, 4.69) is 20.4 Å². The molecule has 1 aromatic heterocycles. The van der Waals surface area contributed by atoms with Gasteiger partial charge in [0.05, 0.1) is 6.04 Å². The fourth-order valence-corrected chi connectivity index (χ4v) is 4.54. The van der Waals surface area contributed by atoms with E-state index < -0.39 is 11.6 Å². The number of hydrogen-bond acceptors (Lipinski definition) is 5. The van der Waals surface area contributed by atoms with Crippen LogP contribution in [-0.4, -0.2) is 68.2 Å². The van der Waals surface area contributed by atoms with Crippen molar-refractivity contribution in [2.75, 3.05) is 26.2 Å². The summed E-state index contributed by atoms with van der Waals surface area (Å²) >= 11 is 0. The van der Waals surface area contributed by atoms with Gasteiger partial charge >= 0.3 is 0 Å². The van der Waals surface area contributed by atoms with Crippen molar-refractivity contribution in [2.45, 2.75) is 44.1 Å². The normalized spacial score (nSPS) is 22.3. The van der Waals surface area contributed by atoms with Gasteiger partial charge in [-0.1, -0.05) is 12.1 Å². The molecule has 2 amide bonds. The molecule has 1 atom stereocenters. The van der Waals surface area contributed by atoms with Crippen LogP contribution < -0.4 is 5.32 Å². The van der Waals surface area contributed by atoms with Crippen LogP contribution in [0.5, 0.6) is 0 Å². The predicted octanol–water partition coefficient (Wildman–Crippen LogP) is 1.44. The van der Waals surface area contributed by atoms with Crippen molar-refractivity contribution in [3.05, 3.63) is 47.3 Å². The molecule has 0 unspecified atom stereocenters. The number of carbonyl (C=O) groups excluding carboxylic acids is 2. The van der Waals surface area contributed by atoms with Crippen molar-refractivity contribution in [3.63, 3.8) is 0 Å². The molecule has 0 radical (unpaired) electrons. The lowest BCUT2D eigenvalue weighted by atomic mass is 9.80. The summed E-state index contributed by atoms with van der Waals surface area (Å²) < 4.78 is 29.5. The van der Waals surface area contributed by atoms with Crippen molar-refractivity contribution in [1.82, 2.24) is 29.9 Å². The van der Waals surface area contributed by atoms with Crippen LogP contribution in [0.25, 0.3) is 0 Å². The molecule has 1 saturated carbocycles. The predicted molar refractivity (Wildman–Crippen MR) is 106 cm³/mol. The van der Waals surface area contributed by atoms with Gasteiger partial charge in [0.25, 0.3) is 11.8 Å². The van der Waals surface area contributed by atoms with Gasteiger partial charge in [0.2, 0.25) is 5.82 Å². The molecule has 3 aliphatic rings. The molecule has 2 aromatic rings. The Bertz CT molecular complexity index is 1000. The Labute approximate surface area is 178 Å². The zero-order valence-electron chi connectivity index (χ0n) is 17.1. The molecule has 0 spiro atoms. The van der Waals surface area contributed by atoms with E-state index in [1.54, 1.807) is 21.6 Å². The first kappa shape index (κ1) is 20.0. The topological polar surface area (TPSA) is 83.4 Å². The van der Waals surface area contributed by atoms with E-state index in [0.717, 1.165) is 12.0 Å². The number of amides is 2. The first-order valence-electron chi connectivity index (χ1n) is 10.6. The maximum Gasteiger partial charge on any atom is 0.289 e. The van der Waals surface area contributed by atoms with Gasteiger partial charge in [-0.2, -0.15) is 0 Å². The number of piperazine rings is 1. The summed E-state index contributed by atoms with van der Waals surface area (Å²) in [6.07, 6.45) is 1.34. The molecule has 2 fully saturated rings. The number of halogens is 2. The van der Waals surface area contributed by atoms with Crippen LogP contribution in [0.3, 0.4) is 0 Å². The van der Waals surface area contributed by atoms with E-state index in [1.807, 2.05) is 0 Å². The maximum atomic E-state index is 14.6. The highest BCUT2D eigenvalue weighted by Crippen LogP contribution is 2.39. The van der Waals surface area contributed by atoms with Crippen LogP contribution in [0, 0.1) is 5.82 Å². The van der Waals surface area contributed by atoms with E-state index in [-0.39, 0.29) is 30.1 Å². The van der Waals surface area contributed by atoms with Crippen molar-refractivity contribution in [2.24, 2.45) is 0 Å². The number of aromatic nitrogens is 3. The van der Waals surface area contributed by atoms with Crippen LogP contribution >= 0.6 is 0 Å². The van der Waals surface area contributed by atoms with Crippen LogP contribution in [0.2, 0.25) is 0 Å². The SMILES string of the molecule is O=C(NCc1ccc(F)cc1)c1nnc2n1CCN1CCN(C(=O)C3(F)CCC3)C[C@@H]21. The molecule has 8 nitrogen and oxygen atoms in total. The van der Waals surface area contributed by atoms with E-state index in [1.165, 1.54) is 12.1 Å². The van der Waals surface area contributed by atoms with Gasteiger partial charge in [0.15, 0.2) is 11.5 Å². The molecular formula is C21H24F2N6O2. The lowest BCUT2D eigenvalue weighted by Crippen LogP contribution is -2.58. The number of alkyl halides is 1. The quantitative estimate of drug-likeness (QED) is 0.794. The summed E-state index contributed by atoms with van der Waals surface area (Å²) in [6.45, 7) is 3.01. The number of nitrogens with zero attached hydrogens (tertiary/aromatic N) is 5. The summed E-state index contributed by atoms with van der Waals surface area (Å²) in [6, 6.07) is 5.70. The number of carbonyl (C=O) groups is 2. The number of hydrogen-bond donors (Lipinski definition) is 1. The second kappa shape index (κ2) is 7.67. The van der Waals surface area contributed by atoms with Gasteiger partial charge in [-0.25, -0.2) is 8.78 Å². The molecule has 164 valence electrons. The summed E-state index contributed by atoms with van der Waals surface area (Å²) in [5.41, 5.74) is -0.937. The zero-order valence-corrected chi connectivity index (χ0v) is 17.1. The minimum absolute atomic E-state index is 0.207. The Balaban J connectivity index is 1.29. The molecule has 0 bridgehead atoms. The van der Waals surface area contributed by atoms with Crippen molar-refractivity contribution >= 4 is 11.8 Å².